The first-order valence-electron chi connectivity index (χ1n) is 19.0. The molecule has 0 aliphatic heterocycles. The van der Waals surface area contributed by atoms with E-state index in [0.717, 1.165) is 48.5 Å². The molecule has 4 radical (unpaired) electrons. The number of hydrogen-bond acceptors (Lipinski definition) is 16. The van der Waals surface area contributed by atoms with Gasteiger partial charge >= 0.3 is 0 Å². The summed E-state index contributed by atoms with van der Waals surface area (Å²) in [6, 6.07) is 25.0. The monoisotopic (exact) mass is 1100 g/mol. The van der Waals surface area contributed by atoms with Gasteiger partial charge in [0.05, 0.1) is 38.8 Å². The van der Waals surface area contributed by atoms with Gasteiger partial charge in [0.2, 0.25) is 11.8 Å². The number of aliphatic imine (C=N–C) groups is 2. The number of fused-ring (bicyclic) bond motifs is 2. The molecule has 0 unspecified atom stereocenters. The van der Waals surface area contributed by atoms with Gasteiger partial charge in [-0.05, 0) is 85.1 Å². The van der Waals surface area contributed by atoms with E-state index in [1.807, 2.05) is 0 Å². The van der Waals surface area contributed by atoms with Gasteiger partial charge in [0.15, 0.2) is 5.75 Å². The zero-order chi connectivity index (χ0) is 49.3. The van der Waals surface area contributed by atoms with Crippen LogP contribution in [0.5, 0.6) is 11.5 Å². The number of benzene rings is 7. The molecule has 0 amide bonds. The van der Waals surface area contributed by atoms with Crippen molar-refractivity contribution >= 4 is 226 Å². The van der Waals surface area contributed by atoms with Crippen molar-refractivity contribution in [3.63, 3.8) is 0 Å². The zero-order valence-corrected chi connectivity index (χ0v) is 49.6. The quantitative estimate of drug-likeness (QED) is 0.0181. The van der Waals surface area contributed by atoms with E-state index in [2.05, 4.69) is 30.4 Å². The van der Waals surface area contributed by atoms with Crippen molar-refractivity contribution in [2.75, 3.05) is 6.61 Å². The normalized spacial score (nSPS) is 12.5. The molecule has 0 aromatic heterocycles. The Labute approximate surface area is 499 Å². The molecular formula is C42H32N6Na4O16S4. The summed E-state index contributed by atoms with van der Waals surface area (Å²) in [6.45, 7) is 1.42. The number of phenols is 1. The van der Waals surface area contributed by atoms with Gasteiger partial charge in [0.1, 0.15) is 32.6 Å². The van der Waals surface area contributed by atoms with E-state index in [1.54, 1.807) is 24.3 Å². The summed E-state index contributed by atoms with van der Waals surface area (Å²) in [5, 5.41) is 48.1. The van der Waals surface area contributed by atoms with E-state index in [9.17, 15) is 67.2 Å². The van der Waals surface area contributed by atoms with Gasteiger partial charge in [0.25, 0.3) is 40.5 Å². The van der Waals surface area contributed by atoms with Gasteiger partial charge in [-0.3, -0.25) is 18.2 Å². The Balaban J connectivity index is 0.00000342. The molecule has 7 aromatic rings. The number of azo groups is 2. The number of hydrogen-bond donors (Lipinski definition) is 7. The van der Waals surface area contributed by atoms with Crippen molar-refractivity contribution in [1.29, 1.82) is 0 Å². The number of aliphatic hydroxyl groups is 2. The summed E-state index contributed by atoms with van der Waals surface area (Å²) < 4.78 is 146. The standard InChI is InChI=1S/C42H32N6O16S4.4Na/c1-2-64-34-22-32(46-45-31-16-13-26(19-35(31)67(58,59)60)43-41(50)23-9-5-3-6-10-23)30-20-27(65(52,53)54)14-15-29(30)38(34)47-48-39-36(68(61,62)63)18-25-17-28(66(55,56)57)21-33(37(25)40(39)49)44-42(51)24-11-7-4-8-12-24;;;;/h3-22,49H,2H2,1H3,(H,43,50)(H,44,51)(H,52,53,54)(H,55,56,57)(H,58,59,60)(H,61,62,63);;;;. The van der Waals surface area contributed by atoms with E-state index >= 15 is 0 Å². The molecule has 7 rings (SSSR count). The van der Waals surface area contributed by atoms with Crippen LogP contribution in [0.25, 0.3) is 21.5 Å². The molecule has 0 bridgehead atoms. The first-order valence-corrected chi connectivity index (χ1v) is 24.8. The van der Waals surface area contributed by atoms with E-state index in [0.29, 0.717) is 11.6 Å². The Hall–Kier alpha value is -3.56. The number of aromatic hydroxyl groups is 1. The first-order chi connectivity index (χ1) is 31.9. The predicted molar refractivity (Wildman–Crippen MR) is 268 cm³/mol. The van der Waals surface area contributed by atoms with Crippen molar-refractivity contribution in [3.05, 3.63) is 132 Å². The SMILES string of the molecule is CCOc1cc(N=Nc2ccc(N=C(O)c3ccccc3)cc2S(=O)(=O)O)c2cc(S(=O)(=O)O)ccc2c1N=Nc1c(S(=O)(=O)O)cc2cc(S(=O)(=O)O)cc(N=C(O)c3ccccc3)c2c1O.[Na].[Na].[Na].[Na]. The van der Waals surface area contributed by atoms with E-state index in [1.165, 1.54) is 49.4 Å². The molecule has 0 aliphatic rings. The molecule has 0 spiro atoms. The smallest absolute Gasteiger partial charge is 0.296 e. The molecular weight excluding hydrogens is 1060 g/mol. The molecule has 7 N–H and O–H groups in total. The van der Waals surface area contributed by atoms with Crippen LogP contribution in [0.3, 0.4) is 0 Å². The summed E-state index contributed by atoms with van der Waals surface area (Å²) in [5.74, 6) is -2.53. The summed E-state index contributed by atoms with van der Waals surface area (Å²) in [5.41, 5.74) is -2.31. The molecule has 0 saturated carbocycles. The van der Waals surface area contributed by atoms with Crippen molar-refractivity contribution in [2.24, 2.45) is 30.4 Å². The van der Waals surface area contributed by atoms with Crippen LogP contribution in [0.2, 0.25) is 0 Å². The second-order valence-electron chi connectivity index (χ2n) is 14.1. The number of nitrogens with zero attached hydrogens (tertiary/aromatic N) is 6. The van der Waals surface area contributed by atoms with Gasteiger partial charge in [-0.2, -0.15) is 33.7 Å². The van der Waals surface area contributed by atoms with Crippen LogP contribution in [-0.4, -0.2) is 204 Å². The Bertz CT molecular complexity index is 3800. The fourth-order valence-corrected chi connectivity index (χ4v) is 8.88. The van der Waals surface area contributed by atoms with Crippen molar-refractivity contribution in [2.45, 2.75) is 26.5 Å². The molecule has 0 fully saturated rings. The average Bonchev–Trinajstić information content (AvgIpc) is 3.27. The molecule has 22 nitrogen and oxygen atoms in total. The van der Waals surface area contributed by atoms with Gasteiger partial charge in [0, 0.05) is 146 Å². The summed E-state index contributed by atoms with van der Waals surface area (Å²) in [6.07, 6.45) is 0. The fraction of sp³-hybridized carbons (Fsp3) is 0.0476. The number of ether oxygens (including phenoxy) is 1. The van der Waals surface area contributed by atoms with Crippen LogP contribution in [-0.2, 0) is 40.5 Å². The van der Waals surface area contributed by atoms with Gasteiger partial charge in [-0.25, -0.2) is 9.98 Å². The second kappa shape index (κ2) is 25.3. The third-order valence-corrected chi connectivity index (χ3v) is 13.0. The van der Waals surface area contributed by atoms with Crippen LogP contribution in [0, 0.1) is 0 Å². The average molecular weight is 1100 g/mol. The minimum Gasteiger partial charge on any atom is -0.505 e. The molecule has 354 valence electrons. The molecule has 30 heteroatoms. The number of aliphatic hydroxyl groups excluding tert-OH is 2. The third-order valence-electron chi connectivity index (χ3n) is 9.56. The molecule has 0 atom stereocenters. The fourth-order valence-electron chi connectivity index (χ4n) is 6.53. The Morgan fingerprint density at radius 1 is 0.500 bits per heavy atom. The van der Waals surface area contributed by atoms with Crippen molar-refractivity contribution in [3.8, 4) is 11.5 Å². The molecule has 0 heterocycles. The second-order valence-corrected chi connectivity index (χ2v) is 19.7. The third kappa shape index (κ3) is 14.6. The minimum absolute atomic E-state index is 0. The van der Waals surface area contributed by atoms with E-state index < -0.39 is 105 Å². The van der Waals surface area contributed by atoms with Crippen LogP contribution in [0.15, 0.2) is 171 Å². The first kappa shape index (κ1) is 62.7. The largest absolute Gasteiger partial charge is 0.505 e. The summed E-state index contributed by atoms with van der Waals surface area (Å²) >= 11 is 0. The molecule has 72 heavy (non-hydrogen) atoms. The maximum atomic E-state index is 12.9. The Kier molecular flexibility index (Phi) is 22.1. The molecule has 0 saturated heterocycles. The van der Waals surface area contributed by atoms with Crippen LogP contribution < -0.4 is 4.74 Å². The Morgan fingerprint density at radius 3 is 1.58 bits per heavy atom. The Morgan fingerprint density at radius 2 is 1.04 bits per heavy atom. The predicted octanol–water partition coefficient (Wildman–Crippen LogP) is 7.66. The minimum atomic E-state index is -5.38. The summed E-state index contributed by atoms with van der Waals surface area (Å²) in [4.78, 5) is 4.51. The van der Waals surface area contributed by atoms with Gasteiger partial charge in [-0.1, -0.05) is 42.5 Å². The van der Waals surface area contributed by atoms with Crippen LogP contribution >= 0.6 is 0 Å². The zero-order valence-electron chi connectivity index (χ0n) is 38.4. The molecule has 0 aliphatic carbocycles. The summed E-state index contributed by atoms with van der Waals surface area (Å²) in [7, 11) is -20.4. The number of phenolic OH excluding ortho intramolecular Hbond substituents is 1. The molecule has 7 aromatic carbocycles. The maximum Gasteiger partial charge on any atom is 0.296 e. The van der Waals surface area contributed by atoms with E-state index in [-0.39, 0.29) is 164 Å². The van der Waals surface area contributed by atoms with E-state index in [4.69, 9.17) is 4.74 Å². The topological polar surface area (TPSA) is 362 Å². The van der Waals surface area contributed by atoms with Gasteiger partial charge < -0.3 is 20.1 Å². The van der Waals surface area contributed by atoms with Crippen LogP contribution in [0.1, 0.15) is 18.1 Å². The van der Waals surface area contributed by atoms with Gasteiger partial charge in [-0.15, -0.1) is 20.5 Å². The van der Waals surface area contributed by atoms with Crippen LogP contribution in [0.4, 0.5) is 34.1 Å². The maximum absolute atomic E-state index is 12.9. The van der Waals surface area contributed by atoms with Crippen molar-refractivity contribution in [1.82, 2.24) is 0 Å². The number of rotatable bonds is 14. The van der Waals surface area contributed by atoms with Crippen molar-refractivity contribution < 1.29 is 71.9 Å².